The second kappa shape index (κ2) is 7.68. The van der Waals surface area contributed by atoms with Gasteiger partial charge in [-0.05, 0) is 55.4 Å². The van der Waals surface area contributed by atoms with Gasteiger partial charge in [0.05, 0.1) is 19.0 Å². The highest BCUT2D eigenvalue weighted by Crippen LogP contribution is 2.31. The minimum absolute atomic E-state index is 0.134. The molecule has 0 spiro atoms. The first-order valence-corrected chi connectivity index (χ1v) is 10.3. The van der Waals surface area contributed by atoms with Crippen LogP contribution in [0.5, 0.6) is 0 Å². The van der Waals surface area contributed by atoms with E-state index in [4.69, 9.17) is 10.5 Å². The smallest absolute Gasteiger partial charge is 0.214 e. The van der Waals surface area contributed by atoms with E-state index in [0.29, 0.717) is 32.7 Å². The first kappa shape index (κ1) is 17.5. The number of anilines is 1. The lowest BCUT2D eigenvalue weighted by Gasteiger charge is -2.26. The zero-order valence-electron chi connectivity index (χ0n) is 14.0. The van der Waals surface area contributed by atoms with Gasteiger partial charge in [-0.2, -0.15) is 4.31 Å². The highest BCUT2D eigenvalue weighted by atomic mass is 32.2. The summed E-state index contributed by atoms with van der Waals surface area (Å²) in [6.07, 6.45) is 7.37. The molecule has 1 aromatic carbocycles. The molecule has 0 radical (unpaired) electrons. The minimum Gasteiger partial charge on any atom is -0.398 e. The van der Waals surface area contributed by atoms with Gasteiger partial charge >= 0.3 is 0 Å². The van der Waals surface area contributed by atoms with Crippen molar-refractivity contribution in [1.82, 2.24) is 4.31 Å². The molecule has 0 atom stereocenters. The van der Waals surface area contributed by atoms with E-state index in [1.807, 2.05) is 12.1 Å². The van der Waals surface area contributed by atoms with Crippen molar-refractivity contribution in [3.8, 4) is 0 Å². The van der Waals surface area contributed by atoms with Crippen molar-refractivity contribution < 1.29 is 13.2 Å². The first-order chi connectivity index (χ1) is 11.6. The summed E-state index contributed by atoms with van der Waals surface area (Å²) in [6, 6.07) is 5.92. The Balaban J connectivity index is 1.70. The number of hydrogen-bond donors (Lipinski definition) is 1. The quantitative estimate of drug-likeness (QED) is 0.828. The molecule has 0 unspecified atom stereocenters. The Kier molecular flexibility index (Phi) is 5.58. The third-order valence-electron chi connectivity index (χ3n) is 4.77. The topological polar surface area (TPSA) is 72.6 Å². The molecule has 6 heteroatoms. The van der Waals surface area contributed by atoms with Crippen molar-refractivity contribution >= 4 is 21.3 Å². The zero-order valence-corrected chi connectivity index (χ0v) is 14.9. The molecule has 24 heavy (non-hydrogen) atoms. The predicted molar refractivity (Wildman–Crippen MR) is 97.2 cm³/mol. The molecule has 2 aliphatic rings. The molecule has 1 saturated heterocycles. The number of nitrogens with two attached hydrogens (primary N) is 1. The molecule has 1 aliphatic carbocycles. The van der Waals surface area contributed by atoms with Crippen LogP contribution in [-0.4, -0.2) is 44.8 Å². The molecule has 0 aromatic heterocycles. The summed E-state index contributed by atoms with van der Waals surface area (Å²) in [7, 11) is -3.22. The fourth-order valence-corrected chi connectivity index (χ4v) is 4.78. The van der Waals surface area contributed by atoms with Crippen molar-refractivity contribution in [3.05, 3.63) is 35.4 Å². The second-order valence-corrected chi connectivity index (χ2v) is 8.56. The molecule has 1 aliphatic heterocycles. The Hall–Kier alpha value is -1.37. The van der Waals surface area contributed by atoms with E-state index in [1.165, 1.54) is 18.4 Å². The van der Waals surface area contributed by atoms with Gasteiger partial charge in [0, 0.05) is 24.3 Å². The summed E-state index contributed by atoms with van der Waals surface area (Å²) in [5.74, 6) is 0.134. The summed E-state index contributed by atoms with van der Waals surface area (Å²) < 4.78 is 31.7. The fraction of sp³-hybridized carbons (Fsp3) is 0.556. The first-order valence-electron chi connectivity index (χ1n) is 8.70. The average Bonchev–Trinajstić information content (AvgIpc) is 2.62. The third-order valence-corrected chi connectivity index (χ3v) is 6.64. The van der Waals surface area contributed by atoms with Crippen molar-refractivity contribution in [2.24, 2.45) is 0 Å². The van der Waals surface area contributed by atoms with Crippen molar-refractivity contribution in [1.29, 1.82) is 0 Å². The molecule has 2 N–H and O–H groups in total. The molecule has 0 saturated carbocycles. The van der Waals surface area contributed by atoms with Crippen LogP contribution in [0.3, 0.4) is 0 Å². The van der Waals surface area contributed by atoms with Gasteiger partial charge in [0.2, 0.25) is 10.0 Å². The number of ether oxygens (including phenoxy) is 1. The van der Waals surface area contributed by atoms with E-state index in [9.17, 15) is 8.42 Å². The number of aryl methyl sites for hydroxylation is 1. The van der Waals surface area contributed by atoms with Gasteiger partial charge in [-0.3, -0.25) is 0 Å². The van der Waals surface area contributed by atoms with Crippen LogP contribution in [-0.2, 0) is 21.2 Å². The molecule has 1 heterocycles. The maximum absolute atomic E-state index is 12.4. The molecule has 1 fully saturated rings. The van der Waals surface area contributed by atoms with E-state index in [1.54, 1.807) is 4.31 Å². The van der Waals surface area contributed by atoms with Gasteiger partial charge in [-0.1, -0.05) is 12.1 Å². The normalized spacial score (nSPS) is 19.9. The lowest BCUT2D eigenvalue weighted by Crippen LogP contribution is -2.42. The van der Waals surface area contributed by atoms with Crippen LogP contribution in [0.4, 0.5) is 5.69 Å². The maximum atomic E-state index is 12.4. The molecular formula is C18H26N2O3S. The highest BCUT2D eigenvalue weighted by molar-refractivity contribution is 7.89. The van der Waals surface area contributed by atoms with Crippen molar-refractivity contribution in [2.75, 3.05) is 37.8 Å². The lowest BCUT2D eigenvalue weighted by atomic mass is 9.91. The van der Waals surface area contributed by atoms with E-state index in [0.717, 1.165) is 29.7 Å². The van der Waals surface area contributed by atoms with E-state index in [2.05, 4.69) is 12.1 Å². The summed E-state index contributed by atoms with van der Waals surface area (Å²) >= 11 is 0. The largest absolute Gasteiger partial charge is 0.398 e. The van der Waals surface area contributed by atoms with Crippen LogP contribution in [0, 0.1) is 0 Å². The van der Waals surface area contributed by atoms with Gasteiger partial charge in [0.1, 0.15) is 0 Å². The van der Waals surface area contributed by atoms with E-state index < -0.39 is 10.0 Å². The Bertz CT molecular complexity index is 707. The molecular weight excluding hydrogens is 324 g/mol. The zero-order chi connectivity index (χ0) is 17.0. The molecule has 3 rings (SSSR count). The van der Waals surface area contributed by atoms with E-state index in [-0.39, 0.29) is 5.75 Å². The Morgan fingerprint density at radius 3 is 2.67 bits per heavy atom. The summed E-state index contributed by atoms with van der Waals surface area (Å²) in [4.78, 5) is 0. The number of rotatable bonds is 5. The fourth-order valence-electron chi connectivity index (χ4n) is 3.32. The SMILES string of the molecule is Nc1ccc(CCS(=O)(=O)N2CCOCC2)cc1C1=CCCCC1. The number of morpholine rings is 1. The van der Waals surface area contributed by atoms with Crippen LogP contribution in [0.2, 0.25) is 0 Å². The van der Waals surface area contributed by atoms with Gasteiger partial charge in [-0.15, -0.1) is 0 Å². The Morgan fingerprint density at radius 2 is 1.96 bits per heavy atom. The van der Waals surface area contributed by atoms with E-state index >= 15 is 0 Å². The number of sulfonamides is 1. The lowest BCUT2D eigenvalue weighted by molar-refractivity contribution is 0.0730. The molecule has 132 valence electrons. The highest BCUT2D eigenvalue weighted by Gasteiger charge is 2.24. The van der Waals surface area contributed by atoms with Crippen molar-refractivity contribution in [3.63, 3.8) is 0 Å². The Morgan fingerprint density at radius 1 is 1.17 bits per heavy atom. The van der Waals surface area contributed by atoms with Crippen LogP contribution in [0.1, 0.15) is 36.8 Å². The molecule has 1 aromatic rings. The summed E-state index contributed by atoms with van der Waals surface area (Å²) in [5.41, 5.74) is 10.3. The average molecular weight is 350 g/mol. The third kappa shape index (κ3) is 4.18. The second-order valence-electron chi connectivity index (χ2n) is 6.47. The number of benzene rings is 1. The van der Waals surface area contributed by atoms with Crippen LogP contribution in [0.25, 0.3) is 5.57 Å². The van der Waals surface area contributed by atoms with Gasteiger partial charge in [-0.25, -0.2) is 8.42 Å². The monoisotopic (exact) mass is 350 g/mol. The van der Waals surface area contributed by atoms with Crippen molar-refractivity contribution in [2.45, 2.75) is 32.1 Å². The summed E-state index contributed by atoms with van der Waals surface area (Å²) in [6.45, 7) is 1.89. The molecule has 0 amide bonds. The minimum atomic E-state index is -3.22. The van der Waals surface area contributed by atoms with Crippen LogP contribution in [0.15, 0.2) is 24.3 Å². The maximum Gasteiger partial charge on any atom is 0.214 e. The molecule has 0 bridgehead atoms. The number of hydrogen-bond acceptors (Lipinski definition) is 4. The van der Waals surface area contributed by atoms with Gasteiger partial charge in [0.15, 0.2) is 0 Å². The number of nitrogens with zero attached hydrogens (tertiary/aromatic N) is 1. The predicted octanol–water partition coefficient (Wildman–Crippen LogP) is 2.43. The summed E-state index contributed by atoms with van der Waals surface area (Å²) in [5, 5.41) is 0. The molecule has 5 nitrogen and oxygen atoms in total. The Labute approximate surface area is 144 Å². The standard InChI is InChI=1S/C18H26N2O3S/c19-18-7-6-15(14-17(18)16-4-2-1-3-5-16)8-13-24(21,22)20-9-11-23-12-10-20/h4,6-7,14H,1-3,5,8-13,19H2. The number of nitrogen functional groups attached to an aromatic ring is 1. The van der Waals surface area contributed by atoms with Gasteiger partial charge < -0.3 is 10.5 Å². The van der Waals surface area contributed by atoms with Gasteiger partial charge in [0.25, 0.3) is 0 Å². The van der Waals surface area contributed by atoms with Crippen LogP contribution >= 0.6 is 0 Å². The van der Waals surface area contributed by atoms with Crippen LogP contribution < -0.4 is 5.73 Å². The number of allylic oxidation sites excluding steroid dienone is 2.